The van der Waals surface area contributed by atoms with Crippen LogP contribution in [-0.4, -0.2) is 48.6 Å². The Morgan fingerprint density at radius 3 is 2.82 bits per heavy atom. The highest BCUT2D eigenvalue weighted by Gasteiger charge is 2.40. The number of piperazine rings is 1. The molecule has 2 aliphatic heterocycles. The van der Waals surface area contributed by atoms with E-state index in [1.54, 1.807) is 4.90 Å². The molecule has 2 amide bonds. The van der Waals surface area contributed by atoms with Crippen LogP contribution in [0.15, 0.2) is 0 Å². The lowest BCUT2D eigenvalue weighted by atomic mass is 9.98. The number of hydrogen-bond acceptors (Lipinski definition) is 3. The van der Waals surface area contributed by atoms with Gasteiger partial charge in [-0.05, 0) is 18.8 Å². The van der Waals surface area contributed by atoms with E-state index in [0.717, 1.165) is 6.42 Å². The maximum Gasteiger partial charge on any atom is 0.243 e. The summed E-state index contributed by atoms with van der Waals surface area (Å²) in [5.74, 6) is 0.387. The summed E-state index contributed by atoms with van der Waals surface area (Å²) in [4.78, 5) is 25.6. The lowest BCUT2D eigenvalue weighted by Crippen LogP contribution is -2.61. The molecule has 0 aromatic rings. The number of rotatable bonds is 3. The van der Waals surface area contributed by atoms with Crippen LogP contribution in [0.25, 0.3) is 0 Å². The van der Waals surface area contributed by atoms with Crippen molar-refractivity contribution >= 4 is 11.8 Å². The van der Waals surface area contributed by atoms with Crippen molar-refractivity contribution in [3.05, 3.63) is 0 Å². The van der Waals surface area contributed by atoms with Crippen LogP contribution < -0.4 is 5.32 Å². The van der Waals surface area contributed by atoms with E-state index in [0.29, 0.717) is 25.6 Å². The first-order chi connectivity index (χ1) is 8.09. The summed E-state index contributed by atoms with van der Waals surface area (Å²) in [6.45, 7) is 5.51. The molecule has 0 aromatic carbocycles. The van der Waals surface area contributed by atoms with E-state index in [4.69, 9.17) is 4.74 Å². The fourth-order valence-corrected chi connectivity index (χ4v) is 2.54. The molecule has 2 saturated heterocycles. The largest absolute Gasteiger partial charge is 0.379 e. The molecule has 0 saturated carbocycles. The van der Waals surface area contributed by atoms with Crippen molar-refractivity contribution in [1.82, 2.24) is 10.2 Å². The molecule has 0 aromatic heterocycles. The summed E-state index contributed by atoms with van der Waals surface area (Å²) in [7, 11) is 0. The van der Waals surface area contributed by atoms with Crippen molar-refractivity contribution in [3.8, 4) is 0 Å². The third-order valence-corrected chi connectivity index (χ3v) is 3.33. The maximum atomic E-state index is 12.0. The van der Waals surface area contributed by atoms with Gasteiger partial charge in [-0.2, -0.15) is 0 Å². The Kier molecular flexibility index (Phi) is 3.66. The average Bonchev–Trinajstić information content (AvgIpc) is 2.76. The molecular formula is C12H20N2O3. The fraction of sp³-hybridized carbons (Fsp3) is 0.833. The summed E-state index contributed by atoms with van der Waals surface area (Å²) in [6, 6.07) is -0.236. The second kappa shape index (κ2) is 5.04. The highest BCUT2D eigenvalue weighted by molar-refractivity contribution is 5.95. The molecule has 0 aliphatic carbocycles. The highest BCUT2D eigenvalue weighted by Crippen LogP contribution is 2.22. The van der Waals surface area contributed by atoms with Crippen LogP contribution in [0.1, 0.15) is 26.7 Å². The zero-order valence-corrected chi connectivity index (χ0v) is 10.4. The first-order valence-corrected chi connectivity index (χ1v) is 6.26. The lowest BCUT2D eigenvalue weighted by Gasteiger charge is -2.39. The number of ether oxygens (including phenoxy) is 1. The quantitative estimate of drug-likeness (QED) is 0.764. The van der Waals surface area contributed by atoms with Crippen molar-refractivity contribution < 1.29 is 14.3 Å². The van der Waals surface area contributed by atoms with Gasteiger partial charge in [0.1, 0.15) is 6.04 Å². The Labute approximate surface area is 101 Å². The van der Waals surface area contributed by atoms with Crippen LogP contribution in [0.5, 0.6) is 0 Å². The molecule has 2 heterocycles. The van der Waals surface area contributed by atoms with Crippen molar-refractivity contribution in [2.24, 2.45) is 5.92 Å². The zero-order valence-electron chi connectivity index (χ0n) is 10.4. The Balaban J connectivity index is 2.15. The second-order valence-corrected chi connectivity index (χ2v) is 5.18. The number of hydrogen-bond donors (Lipinski definition) is 1. The fourth-order valence-electron chi connectivity index (χ4n) is 2.54. The number of nitrogens with one attached hydrogen (secondary N) is 1. The summed E-state index contributed by atoms with van der Waals surface area (Å²) >= 11 is 0. The smallest absolute Gasteiger partial charge is 0.243 e. The zero-order chi connectivity index (χ0) is 12.4. The summed E-state index contributed by atoms with van der Waals surface area (Å²) in [5.41, 5.74) is 0. The van der Waals surface area contributed by atoms with Crippen molar-refractivity contribution in [2.75, 3.05) is 19.8 Å². The van der Waals surface area contributed by atoms with Crippen LogP contribution in [0, 0.1) is 5.92 Å². The van der Waals surface area contributed by atoms with Gasteiger partial charge < -0.3 is 15.0 Å². The molecule has 0 radical (unpaired) electrons. The highest BCUT2D eigenvalue weighted by atomic mass is 16.5. The van der Waals surface area contributed by atoms with Gasteiger partial charge in [0, 0.05) is 6.61 Å². The van der Waals surface area contributed by atoms with Crippen LogP contribution in [0.4, 0.5) is 0 Å². The van der Waals surface area contributed by atoms with Gasteiger partial charge in [0.05, 0.1) is 19.2 Å². The minimum atomic E-state index is -0.317. The van der Waals surface area contributed by atoms with Gasteiger partial charge in [0.25, 0.3) is 0 Å². The molecule has 17 heavy (non-hydrogen) atoms. The summed E-state index contributed by atoms with van der Waals surface area (Å²) < 4.78 is 5.32. The SMILES string of the molecule is CC(C)CC1C(=O)NCC(=O)N1C1CCOC1. The van der Waals surface area contributed by atoms with Gasteiger partial charge in [0.15, 0.2) is 0 Å². The first-order valence-electron chi connectivity index (χ1n) is 6.26. The van der Waals surface area contributed by atoms with Crippen LogP contribution >= 0.6 is 0 Å². The van der Waals surface area contributed by atoms with E-state index in [1.807, 2.05) is 0 Å². The predicted octanol–water partition coefficient (Wildman–Crippen LogP) is 0.148. The van der Waals surface area contributed by atoms with E-state index in [-0.39, 0.29) is 30.4 Å². The Morgan fingerprint density at radius 1 is 1.47 bits per heavy atom. The molecule has 2 fully saturated rings. The first kappa shape index (κ1) is 12.4. The van der Waals surface area contributed by atoms with E-state index in [9.17, 15) is 9.59 Å². The number of amides is 2. The summed E-state index contributed by atoms with van der Waals surface area (Å²) in [6.07, 6.45) is 1.56. The maximum absolute atomic E-state index is 12.0. The molecule has 2 atom stereocenters. The molecular weight excluding hydrogens is 220 g/mol. The van der Waals surface area contributed by atoms with Crippen molar-refractivity contribution in [3.63, 3.8) is 0 Å². The topological polar surface area (TPSA) is 58.6 Å². The number of carbonyl (C=O) groups excluding carboxylic acids is 2. The Bertz CT molecular complexity index is 311. The molecule has 96 valence electrons. The van der Waals surface area contributed by atoms with E-state index in [1.165, 1.54) is 0 Å². The molecule has 5 heteroatoms. The number of nitrogens with zero attached hydrogens (tertiary/aromatic N) is 1. The van der Waals surface area contributed by atoms with E-state index < -0.39 is 0 Å². The van der Waals surface area contributed by atoms with E-state index >= 15 is 0 Å². The molecule has 0 bridgehead atoms. The molecule has 2 rings (SSSR count). The predicted molar refractivity (Wildman–Crippen MR) is 62.3 cm³/mol. The minimum Gasteiger partial charge on any atom is -0.379 e. The average molecular weight is 240 g/mol. The lowest BCUT2D eigenvalue weighted by molar-refractivity contribution is -0.149. The van der Waals surface area contributed by atoms with Crippen molar-refractivity contribution in [1.29, 1.82) is 0 Å². The second-order valence-electron chi connectivity index (χ2n) is 5.18. The molecule has 0 spiro atoms. The standard InChI is InChI=1S/C12H20N2O3/c1-8(2)5-10-12(16)13-6-11(15)14(10)9-3-4-17-7-9/h8-10H,3-7H2,1-2H3,(H,13,16). The van der Waals surface area contributed by atoms with Crippen LogP contribution in [-0.2, 0) is 14.3 Å². The molecule has 1 N–H and O–H groups in total. The van der Waals surface area contributed by atoms with Gasteiger partial charge >= 0.3 is 0 Å². The third kappa shape index (κ3) is 2.60. The summed E-state index contributed by atoms with van der Waals surface area (Å²) in [5, 5.41) is 2.67. The molecule has 2 unspecified atom stereocenters. The van der Waals surface area contributed by atoms with Gasteiger partial charge in [0.2, 0.25) is 11.8 Å². The molecule has 5 nitrogen and oxygen atoms in total. The van der Waals surface area contributed by atoms with Crippen molar-refractivity contribution in [2.45, 2.75) is 38.8 Å². The molecule has 2 aliphatic rings. The third-order valence-electron chi connectivity index (χ3n) is 3.33. The van der Waals surface area contributed by atoms with Crippen LogP contribution in [0.2, 0.25) is 0 Å². The van der Waals surface area contributed by atoms with Gasteiger partial charge in [-0.3, -0.25) is 9.59 Å². The Morgan fingerprint density at radius 2 is 2.24 bits per heavy atom. The van der Waals surface area contributed by atoms with Gasteiger partial charge in [-0.1, -0.05) is 13.8 Å². The monoisotopic (exact) mass is 240 g/mol. The van der Waals surface area contributed by atoms with Gasteiger partial charge in [-0.25, -0.2) is 0 Å². The van der Waals surface area contributed by atoms with E-state index in [2.05, 4.69) is 19.2 Å². The number of carbonyl (C=O) groups is 2. The van der Waals surface area contributed by atoms with Crippen LogP contribution in [0.3, 0.4) is 0 Å². The minimum absolute atomic E-state index is 0.0192. The Hall–Kier alpha value is -1.10. The van der Waals surface area contributed by atoms with Gasteiger partial charge in [-0.15, -0.1) is 0 Å². The normalized spacial score (nSPS) is 29.9.